The second-order valence-electron chi connectivity index (χ2n) is 22.7. The molecule has 99 heavy (non-hydrogen) atoms. The molecule has 34 nitrogen and oxygen atoms in total. The largest absolute Gasteiger partial charge is 0.480 e. The van der Waals surface area contributed by atoms with Gasteiger partial charge in [0, 0.05) is 130 Å². The Labute approximate surface area is 566 Å². The molecule has 0 saturated heterocycles. The van der Waals surface area contributed by atoms with Crippen LogP contribution in [0.2, 0.25) is 0 Å². The van der Waals surface area contributed by atoms with Crippen molar-refractivity contribution in [3.05, 3.63) is 138 Å². The molecule has 5 heterocycles. The van der Waals surface area contributed by atoms with Gasteiger partial charge in [0.2, 0.25) is 23.6 Å². The Morgan fingerprint density at radius 2 is 1.07 bits per heavy atom. The summed E-state index contributed by atoms with van der Waals surface area (Å²) in [7, 11) is -4.54. The third-order valence-corrected chi connectivity index (χ3v) is 16.3. The van der Waals surface area contributed by atoms with Gasteiger partial charge in [-0.15, -0.1) is 0 Å². The zero-order valence-corrected chi connectivity index (χ0v) is 54.6. The average molecular weight is 1380 g/mol. The lowest BCUT2D eigenvalue weighted by Crippen LogP contribution is -2.48. The Morgan fingerprint density at radius 1 is 0.535 bits per heavy atom. The van der Waals surface area contributed by atoms with Gasteiger partial charge in [0.1, 0.15) is 28.8 Å². The van der Waals surface area contributed by atoms with Crippen LogP contribution in [0.4, 0.5) is 17.7 Å². The van der Waals surface area contributed by atoms with Crippen molar-refractivity contribution in [3.63, 3.8) is 0 Å². The number of carbonyl (C=O) groups excluding carboxylic acids is 7. The summed E-state index contributed by atoms with van der Waals surface area (Å²) in [4.78, 5) is 134. The number of carbonyl (C=O) groups is 9. The van der Waals surface area contributed by atoms with Gasteiger partial charge < -0.3 is 68.0 Å². The summed E-state index contributed by atoms with van der Waals surface area (Å²) in [6.45, 7) is 2.04. The molecule has 5 aromatic heterocycles. The number of amides is 7. The first kappa shape index (κ1) is 73.2. The van der Waals surface area contributed by atoms with E-state index in [9.17, 15) is 66.3 Å². The molecule has 35 heteroatoms. The number of benzene rings is 3. The number of rotatable bonds is 42. The minimum Gasteiger partial charge on any atom is -0.480 e. The van der Waals surface area contributed by atoms with Gasteiger partial charge in [-0.3, -0.25) is 52.9 Å². The van der Waals surface area contributed by atoms with Crippen LogP contribution in [-0.2, 0) is 52.0 Å². The fraction of sp³-hybridized carbons (Fsp3) is 0.359. The van der Waals surface area contributed by atoms with Gasteiger partial charge in [0.25, 0.3) is 27.8 Å². The Bertz CT molecular complexity index is 4200. The van der Waals surface area contributed by atoms with Crippen molar-refractivity contribution < 1.29 is 66.3 Å². The normalized spacial score (nSPS) is 12.3. The van der Waals surface area contributed by atoms with Crippen molar-refractivity contribution in [2.24, 2.45) is 5.10 Å². The molecule has 8 rings (SSSR count). The van der Waals surface area contributed by atoms with Gasteiger partial charge in [0.05, 0.1) is 35.2 Å². The molecule has 0 aliphatic rings. The number of aromatic amines is 2. The first-order chi connectivity index (χ1) is 47.8. The third kappa shape index (κ3) is 23.3. The van der Waals surface area contributed by atoms with Gasteiger partial charge in [-0.2, -0.15) is 23.7 Å². The number of nitrogens with zero attached hydrogens (tertiary/aromatic N) is 8. The number of aryl methyl sites for hydroxylation is 2. The van der Waals surface area contributed by atoms with Crippen molar-refractivity contribution >= 4 is 109 Å². The monoisotopic (exact) mass is 1380 g/mol. The number of aromatic nitrogens is 9. The quantitative estimate of drug-likeness (QED) is 0.0113. The van der Waals surface area contributed by atoms with Crippen LogP contribution in [0.1, 0.15) is 114 Å². The first-order valence-corrected chi connectivity index (χ1v) is 33.4. The van der Waals surface area contributed by atoms with Crippen LogP contribution in [0.5, 0.6) is 0 Å². The van der Waals surface area contributed by atoms with E-state index in [1.807, 2.05) is 9.36 Å². The Kier molecular flexibility index (Phi) is 27.4. The van der Waals surface area contributed by atoms with E-state index < -0.39 is 88.1 Å². The molecule has 0 fully saturated rings. The fourth-order valence-electron chi connectivity index (χ4n) is 10.1. The zero-order chi connectivity index (χ0) is 70.5. The lowest BCUT2D eigenvalue weighted by atomic mass is 10.1. The smallest absolute Gasteiger partial charge is 0.328 e. The average Bonchev–Trinajstić information content (AvgIpc) is 1.70. The standard InChI is InChI=1S/C64H78N20O14S/c85-54(65-23-7-1-3-13-55(86)79-48(61(92)93)39-74-57(88)41-15-19-50-45(33-41)37-77-83(50)31-9-25-67-63-69-27-28-70-63)22-18-47(81-59(90)44-17-21-53(73-35-44)82-76-36-43-11-5-6-12-52(43)99(96,97)98)60(91)66-24-8-2-4-14-56(87)80-49(62(94)95)40-75-58(89)42-16-20-51-46(34-42)38-78-84(51)32-10-26-68-64-71-29-30-72-64/h5-6,11-12,15-17,19-21,27-30,33-38,47-49H,1-4,7-10,13-14,18,22-26,31-32,39-40H2,(H,65,85)(H,66,91)(H,73,82)(H,74,88)(H,75,89)(H,79,86)(H,80,87)(H,81,90)(H,92,93)(H,94,95)(H2,67,69,70)(H2,68,71,72)(H,96,97,98)/b76-36+. The van der Waals surface area contributed by atoms with E-state index in [2.05, 4.69) is 93.5 Å². The topological polar surface area (TPSA) is 487 Å². The van der Waals surface area contributed by atoms with Crippen LogP contribution in [-0.4, -0.2) is 185 Å². The van der Waals surface area contributed by atoms with Crippen molar-refractivity contribution in [2.75, 3.05) is 55.3 Å². The number of pyridine rings is 1. The maximum Gasteiger partial charge on any atom is 0.328 e. The number of imidazole rings is 2. The highest BCUT2D eigenvalue weighted by Crippen LogP contribution is 2.19. The van der Waals surface area contributed by atoms with Gasteiger partial charge in [-0.1, -0.05) is 31.0 Å². The van der Waals surface area contributed by atoms with Crippen LogP contribution in [0.15, 0.2) is 126 Å². The van der Waals surface area contributed by atoms with Crippen molar-refractivity contribution in [1.29, 1.82) is 0 Å². The predicted octanol–water partition coefficient (Wildman–Crippen LogP) is 3.15. The molecule has 8 aromatic rings. The number of anilines is 3. The molecule has 0 saturated carbocycles. The van der Waals surface area contributed by atoms with E-state index in [-0.39, 0.29) is 78.3 Å². The molecule has 7 amide bonds. The highest BCUT2D eigenvalue weighted by Gasteiger charge is 2.26. The molecular weight excluding hydrogens is 1300 g/mol. The summed E-state index contributed by atoms with van der Waals surface area (Å²) in [5.41, 5.74) is 4.89. The van der Waals surface area contributed by atoms with Crippen molar-refractivity contribution in [2.45, 2.75) is 113 Å². The van der Waals surface area contributed by atoms with E-state index in [1.54, 1.807) is 79.6 Å². The maximum absolute atomic E-state index is 13.7. The predicted molar refractivity (Wildman–Crippen MR) is 362 cm³/mol. The Hall–Kier alpha value is -11.6. The maximum atomic E-state index is 13.7. The number of hydrogen-bond donors (Lipinski definition) is 15. The van der Waals surface area contributed by atoms with Crippen LogP contribution in [0.3, 0.4) is 0 Å². The number of H-pyrrole nitrogens is 2. The Morgan fingerprint density at radius 3 is 1.58 bits per heavy atom. The minimum absolute atomic E-state index is 0.0225. The van der Waals surface area contributed by atoms with E-state index in [0.717, 1.165) is 35.5 Å². The van der Waals surface area contributed by atoms with Crippen LogP contribution in [0, 0.1) is 0 Å². The molecule has 0 bridgehead atoms. The minimum atomic E-state index is -4.54. The summed E-state index contributed by atoms with van der Waals surface area (Å²) >= 11 is 0. The zero-order valence-electron chi connectivity index (χ0n) is 53.7. The number of nitrogens with one attached hydrogen (secondary N) is 12. The molecule has 0 spiro atoms. The number of unbranched alkanes of at least 4 members (excludes halogenated alkanes) is 4. The number of carboxylic acid groups (broad SMARTS) is 2. The van der Waals surface area contributed by atoms with E-state index in [4.69, 9.17) is 0 Å². The summed E-state index contributed by atoms with van der Waals surface area (Å²) < 4.78 is 36.7. The van der Waals surface area contributed by atoms with Gasteiger partial charge in [-0.25, -0.2) is 24.5 Å². The summed E-state index contributed by atoms with van der Waals surface area (Å²) in [6, 6.07) is 14.3. The number of hydrazone groups is 1. The number of carboxylic acids is 2. The number of aliphatic carboxylic acids is 2. The SMILES string of the molecule is O=C(CCC(NC(=O)c1ccc(N/N=C/c2ccccc2S(=O)(=O)O)nc1)C(=O)NCCCCCC(=O)NC(CNC(=O)c1ccc2c(cnn2CCCNc2ncc[nH]2)c1)C(=O)O)NCCCCCC(=O)NC(CNC(=O)c1ccc2c(cnn2CCCNc2ncc[nH]2)c1)C(=O)O. The molecule has 3 aromatic carbocycles. The fourth-order valence-corrected chi connectivity index (χ4v) is 10.8. The molecule has 0 aliphatic heterocycles. The van der Waals surface area contributed by atoms with Crippen LogP contribution in [0.25, 0.3) is 21.8 Å². The summed E-state index contributed by atoms with van der Waals surface area (Å²) in [6.07, 6.45) is 15.7. The highest BCUT2D eigenvalue weighted by atomic mass is 32.2. The van der Waals surface area contributed by atoms with Gasteiger partial charge in [-0.05, 0) is 99.5 Å². The van der Waals surface area contributed by atoms with E-state index in [1.165, 1.54) is 36.5 Å². The van der Waals surface area contributed by atoms with Gasteiger partial charge in [0.15, 0.2) is 11.9 Å². The van der Waals surface area contributed by atoms with Crippen molar-refractivity contribution in [3.8, 4) is 0 Å². The summed E-state index contributed by atoms with van der Waals surface area (Å²) in [5, 5.41) is 58.5. The highest BCUT2D eigenvalue weighted by molar-refractivity contribution is 7.86. The lowest BCUT2D eigenvalue weighted by molar-refractivity contribution is -0.142. The third-order valence-electron chi connectivity index (χ3n) is 15.4. The second kappa shape index (κ2) is 37.0. The molecular formula is C64H78N20O14S. The Balaban J connectivity index is 0.743. The van der Waals surface area contributed by atoms with Crippen LogP contribution >= 0.6 is 0 Å². The van der Waals surface area contributed by atoms with Crippen LogP contribution < -0.4 is 53.3 Å². The molecule has 3 unspecified atom stereocenters. The number of hydrogen-bond acceptors (Lipinski definition) is 20. The van der Waals surface area contributed by atoms with E-state index >= 15 is 0 Å². The second-order valence-corrected chi connectivity index (χ2v) is 24.1. The molecule has 0 aliphatic carbocycles. The lowest BCUT2D eigenvalue weighted by Gasteiger charge is -2.19. The van der Waals surface area contributed by atoms with Gasteiger partial charge >= 0.3 is 11.9 Å². The van der Waals surface area contributed by atoms with Crippen molar-refractivity contribution in [1.82, 2.24) is 81.7 Å². The number of fused-ring (bicyclic) bond motifs is 2. The molecule has 0 radical (unpaired) electrons. The van der Waals surface area contributed by atoms with E-state index in [0.29, 0.717) is 82.0 Å². The molecule has 15 N–H and O–H groups in total. The molecule has 524 valence electrons. The molecule has 3 atom stereocenters. The first-order valence-electron chi connectivity index (χ1n) is 31.9. The summed E-state index contributed by atoms with van der Waals surface area (Å²) in [5.74, 6) is -5.22.